The molecule has 0 aliphatic carbocycles. The number of para-hydroxylation sites is 1. The van der Waals surface area contributed by atoms with Gasteiger partial charge >= 0.3 is 0 Å². The maximum Gasteiger partial charge on any atom is 0.0604 e. The van der Waals surface area contributed by atoms with Gasteiger partial charge in [-0.2, -0.15) is 0 Å². The zero-order valence-electron chi connectivity index (χ0n) is 6.16. The molecule has 0 fully saturated rings. The van der Waals surface area contributed by atoms with Gasteiger partial charge in [0.25, 0.3) is 0 Å². The van der Waals surface area contributed by atoms with E-state index in [0.717, 1.165) is 5.69 Å². The second-order valence-corrected chi connectivity index (χ2v) is 2.02. The second kappa shape index (κ2) is 6.19. The van der Waals surface area contributed by atoms with Crippen LogP contribution in [0.3, 0.4) is 0 Å². The van der Waals surface area contributed by atoms with Crippen molar-refractivity contribution in [3.63, 3.8) is 0 Å². The van der Waals surface area contributed by atoms with E-state index in [2.05, 4.69) is 5.32 Å². The van der Waals surface area contributed by atoms with E-state index in [4.69, 9.17) is 5.11 Å². The van der Waals surface area contributed by atoms with Crippen molar-refractivity contribution in [1.29, 1.82) is 0 Å². The van der Waals surface area contributed by atoms with Crippen molar-refractivity contribution in [1.82, 2.24) is 0 Å². The Hall–Kier alpha value is -0.540. The molecular weight excluding hydrogens is 206 g/mol. The van der Waals surface area contributed by atoms with Gasteiger partial charge in [0.1, 0.15) is 0 Å². The van der Waals surface area contributed by atoms with E-state index in [-0.39, 0.29) is 23.6 Å². The van der Waals surface area contributed by atoms with Crippen molar-refractivity contribution >= 4 is 22.7 Å². The summed E-state index contributed by atoms with van der Waals surface area (Å²) in [5, 5.41) is 11.5. The fraction of sp³-hybridized carbons (Fsp3) is 0.250. The van der Waals surface area contributed by atoms with Gasteiger partial charge in [-0.25, -0.2) is 0 Å². The predicted octanol–water partition coefficient (Wildman–Crippen LogP) is 1.67. The number of halogens is 1. The summed E-state index contributed by atoms with van der Waals surface area (Å²) in [6.45, 7) is 0.791. The smallest absolute Gasteiger partial charge is 0.0604 e. The van der Waals surface area contributed by atoms with Gasteiger partial charge in [0, 0.05) is 12.2 Å². The fourth-order valence-electron chi connectivity index (χ4n) is 0.756. The standard InChI is InChI=1S/C8H11NO.BrH/c10-7-6-9-8-4-2-1-3-5-8;/h1-5,9-10H,6-7H2;1H. The Kier molecular flexibility index (Phi) is 5.88. The molecular formula is C8H12BrNO. The van der Waals surface area contributed by atoms with Crippen LogP contribution in [0.5, 0.6) is 0 Å². The van der Waals surface area contributed by atoms with Gasteiger partial charge in [0.05, 0.1) is 6.61 Å². The van der Waals surface area contributed by atoms with Crippen LogP contribution < -0.4 is 5.32 Å². The Balaban J connectivity index is 0.000001000. The van der Waals surface area contributed by atoms with Gasteiger partial charge in [-0.3, -0.25) is 0 Å². The first-order chi connectivity index (χ1) is 4.93. The molecule has 11 heavy (non-hydrogen) atoms. The Morgan fingerprint density at radius 3 is 2.36 bits per heavy atom. The first-order valence-corrected chi connectivity index (χ1v) is 3.33. The van der Waals surface area contributed by atoms with Crippen molar-refractivity contribution in [3.05, 3.63) is 30.3 Å². The lowest BCUT2D eigenvalue weighted by Crippen LogP contribution is -2.04. The Labute approximate surface area is 77.0 Å². The number of nitrogens with one attached hydrogen (secondary N) is 1. The molecule has 0 atom stereocenters. The minimum Gasteiger partial charge on any atom is -0.395 e. The quantitative estimate of drug-likeness (QED) is 0.808. The summed E-state index contributed by atoms with van der Waals surface area (Å²) in [5.41, 5.74) is 1.05. The molecule has 0 radical (unpaired) electrons. The lowest BCUT2D eigenvalue weighted by atomic mass is 10.3. The third kappa shape index (κ3) is 4.01. The zero-order chi connectivity index (χ0) is 7.23. The third-order valence-corrected chi connectivity index (χ3v) is 1.21. The highest BCUT2D eigenvalue weighted by Crippen LogP contribution is 2.02. The summed E-state index contributed by atoms with van der Waals surface area (Å²) < 4.78 is 0. The Bertz CT molecular complexity index is 179. The highest BCUT2D eigenvalue weighted by Gasteiger charge is 1.84. The largest absolute Gasteiger partial charge is 0.395 e. The van der Waals surface area contributed by atoms with Gasteiger partial charge in [0.2, 0.25) is 0 Å². The average Bonchev–Trinajstić information content (AvgIpc) is 2.03. The molecule has 0 spiro atoms. The zero-order valence-corrected chi connectivity index (χ0v) is 7.87. The van der Waals surface area contributed by atoms with Crippen LogP contribution in [-0.2, 0) is 0 Å². The number of rotatable bonds is 3. The van der Waals surface area contributed by atoms with Crippen LogP contribution in [0.25, 0.3) is 0 Å². The maximum atomic E-state index is 8.47. The first-order valence-electron chi connectivity index (χ1n) is 3.33. The van der Waals surface area contributed by atoms with E-state index < -0.39 is 0 Å². The van der Waals surface area contributed by atoms with Crippen LogP contribution in [0.1, 0.15) is 0 Å². The van der Waals surface area contributed by atoms with E-state index in [9.17, 15) is 0 Å². The van der Waals surface area contributed by atoms with Crippen molar-refractivity contribution in [2.75, 3.05) is 18.5 Å². The summed E-state index contributed by atoms with van der Waals surface area (Å²) in [4.78, 5) is 0. The number of hydrogen-bond donors (Lipinski definition) is 2. The van der Waals surface area contributed by atoms with E-state index in [1.807, 2.05) is 30.3 Å². The molecule has 1 aromatic rings. The van der Waals surface area contributed by atoms with E-state index in [0.29, 0.717) is 6.54 Å². The number of aliphatic hydroxyl groups is 1. The lowest BCUT2D eigenvalue weighted by molar-refractivity contribution is 0.311. The van der Waals surface area contributed by atoms with Crippen molar-refractivity contribution in [2.24, 2.45) is 0 Å². The van der Waals surface area contributed by atoms with Crippen LogP contribution in [0.2, 0.25) is 0 Å². The molecule has 3 heteroatoms. The highest BCUT2D eigenvalue weighted by molar-refractivity contribution is 8.93. The van der Waals surface area contributed by atoms with Gasteiger partial charge < -0.3 is 10.4 Å². The molecule has 2 nitrogen and oxygen atoms in total. The van der Waals surface area contributed by atoms with E-state index >= 15 is 0 Å². The van der Waals surface area contributed by atoms with Crippen LogP contribution in [0, 0.1) is 0 Å². The van der Waals surface area contributed by atoms with Crippen molar-refractivity contribution in [3.8, 4) is 0 Å². The molecule has 1 rings (SSSR count). The predicted molar refractivity (Wildman–Crippen MR) is 52.3 cm³/mol. The van der Waals surface area contributed by atoms with Gasteiger partial charge in [0.15, 0.2) is 0 Å². The monoisotopic (exact) mass is 217 g/mol. The minimum atomic E-state index is 0. The molecule has 0 unspecified atom stereocenters. The van der Waals surface area contributed by atoms with Crippen LogP contribution in [0.4, 0.5) is 5.69 Å². The molecule has 0 bridgehead atoms. The molecule has 0 amide bonds. The highest BCUT2D eigenvalue weighted by atomic mass is 79.9. The van der Waals surface area contributed by atoms with Crippen LogP contribution in [-0.4, -0.2) is 18.3 Å². The molecule has 0 heterocycles. The van der Waals surface area contributed by atoms with E-state index in [1.54, 1.807) is 0 Å². The molecule has 0 saturated carbocycles. The Morgan fingerprint density at radius 2 is 1.82 bits per heavy atom. The lowest BCUT2D eigenvalue weighted by Gasteiger charge is -2.01. The second-order valence-electron chi connectivity index (χ2n) is 2.02. The van der Waals surface area contributed by atoms with Crippen molar-refractivity contribution < 1.29 is 5.11 Å². The average molecular weight is 218 g/mol. The first kappa shape index (κ1) is 10.5. The van der Waals surface area contributed by atoms with Crippen LogP contribution >= 0.6 is 17.0 Å². The molecule has 0 aromatic heterocycles. The van der Waals surface area contributed by atoms with E-state index in [1.165, 1.54) is 0 Å². The van der Waals surface area contributed by atoms with Crippen LogP contribution in [0.15, 0.2) is 30.3 Å². The van der Waals surface area contributed by atoms with Gasteiger partial charge in [-0.15, -0.1) is 17.0 Å². The topological polar surface area (TPSA) is 32.3 Å². The summed E-state index contributed by atoms with van der Waals surface area (Å²) in [6, 6.07) is 9.81. The van der Waals surface area contributed by atoms with Crippen molar-refractivity contribution in [2.45, 2.75) is 0 Å². The number of hydrogen-bond acceptors (Lipinski definition) is 2. The van der Waals surface area contributed by atoms with Gasteiger partial charge in [-0.1, -0.05) is 18.2 Å². The van der Waals surface area contributed by atoms with Gasteiger partial charge in [-0.05, 0) is 12.1 Å². The fourth-order valence-corrected chi connectivity index (χ4v) is 0.756. The summed E-state index contributed by atoms with van der Waals surface area (Å²) in [5.74, 6) is 0. The summed E-state index contributed by atoms with van der Waals surface area (Å²) in [6.07, 6.45) is 0. The normalized spacial score (nSPS) is 8.45. The maximum absolute atomic E-state index is 8.47. The summed E-state index contributed by atoms with van der Waals surface area (Å²) in [7, 11) is 0. The summed E-state index contributed by atoms with van der Waals surface area (Å²) >= 11 is 0. The third-order valence-electron chi connectivity index (χ3n) is 1.21. The number of aliphatic hydroxyl groups excluding tert-OH is 1. The molecule has 0 saturated heterocycles. The molecule has 62 valence electrons. The SMILES string of the molecule is Br.OCCNc1ccccc1. The Morgan fingerprint density at radius 1 is 1.18 bits per heavy atom. The molecule has 0 aliphatic rings. The number of anilines is 1. The minimum absolute atomic E-state index is 0. The molecule has 1 aromatic carbocycles. The molecule has 2 N–H and O–H groups in total. The molecule has 0 aliphatic heterocycles. The number of benzene rings is 1.